The van der Waals surface area contributed by atoms with E-state index >= 15 is 0 Å². The van der Waals surface area contributed by atoms with Gasteiger partial charge in [0, 0.05) is 11.9 Å². The molecule has 0 saturated carbocycles. The molecule has 0 radical (unpaired) electrons. The van der Waals surface area contributed by atoms with Crippen LogP contribution in [-0.2, 0) is 17.1 Å². The van der Waals surface area contributed by atoms with Crippen LogP contribution in [0.25, 0.3) is 0 Å². The molecule has 2 aromatic heterocycles. The van der Waals surface area contributed by atoms with Gasteiger partial charge in [-0.25, -0.2) is 8.42 Å². The molecule has 0 fully saturated rings. The molecular weight excluding hydrogens is 384 g/mol. The van der Waals surface area contributed by atoms with E-state index in [1.54, 1.807) is 20.0 Å². The van der Waals surface area contributed by atoms with E-state index < -0.39 is 10.0 Å². The van der Waals surface area contributed by atoms with Crippen molar-refractivity contribution in [2.45, 2.75) is 11.8 Å². The second-order valence-corrected chi connectivity index (χ2v) is 8.70. The highest BCUT2D eigenvalue weighted by atomic mass is 79.9. The number of hydrogen-bond acceptors (Lipinski definition) is 5. The molecule has 108 valence electrons. The van der Waals surface area contributed by atoms with Gasteiger partial charge in [0.2, 0.25) is 0 Å². The highest BCUT2D eigenvalue weighted by Crippen LogP contribution is 2.31. The van der Waals surface area contributed by atoms with Crippen LogP contribution in [0.3, 0.4) is 0 Å². The maximum atomic E-state index is 12.4. The van der Waals surface area contributed by atoms with Gasteiger partial charge in [-0.05, 0) is 28.9 Å². The Kier molecular flexibility index (Phi) is 4.19. The Morgan fingerprint density at radius 3 is 2.75 bits per heavy atom. The second-order valence-electron chi connectivity index (χ2n) is 3.97. The molecule has 0 aliphatic rings. The number of aromatic nitrogens is 2. The van der Waals surface area contributed by atoms with E-state index in [0.29, 0.717) is 10.4 Å². The molecule has 2 rings (SSSR count). The topological polar surface area (TPSA) is 90.0 Å². The van der Waals surface area contributed by atoms with Gasteiger partial charge in [0.05, 0.1) is 15.5 Å². The van der Waals surface area contributed by atoms with E-state index in [-0.39, 0.29) is 15.7 Å². The third-order valence-electron chi connectivity index (χ3n) is 2.57. The number of nitrogens with two attached hydrogens (primary N) is 1. The van der Waals surface area contributed by atoms with Gasteiger partial charge in [0.15, 0.2) is 0 Å². The minimum atomic E-state index is -3.72. The van der Waals surface area contributed by atoms with Crippen LogP contribution in [0.15, 0.2) is 20.9 Å². The van der Waals surface area contributed by atoms with E-state index in [2.05, 4.69) is 25.8 Å². The van der Waals surface area contributed by atoms with Crippen LogP contribution >= 0.6 is 39.5 Å². The molecule has 0 unspecified atom stereocenters. The Morgan fingerprint density at radius 1 is 1.60 bits per heavy atom. The zero-order valence-corrected chi connectivity index (χ0v) is 14.6. The fourth-order valence-corrected chi connectivity index (χ4v) is 5.29. The first-order valence-corrected chi connectivity index (χ1v) is 8.83. The molecule has 0 aliphatic heterocycles. The fraction of sp³-hybridized carbons (Fsp3) is 0.200. The molecule has 0 aromatic carbocycles. The van der Waals surface area contributed by atoms with Crippen LogP contribution in [0.1, 0.15) is 10.4 Å². The van der Waals surface area contributed by atoms with Crippen molar-refractivity contribution in [1.29, 1.82) is 0 Å². The van der Waals surface area contributed by atoms with Crippen molar-refractivity contribution in [3.63, 3.8) is 0 Å². The second kappa shape index (κ2) is 5.43. The number of nitrogens with zero attached hydrogens (tertiary/aromatic N) is 2. The maximum absolute atomic E-state index is 12.4. The van der Waals surface area contributed by atoms with Gasteiger partial charge in [0.25, 0.3) is 10.0 Å². The number of rotatable bonds is 4. The maximum Gasteiger partial charge on any atom is 0.264 e. The molecule has 0 spiro atoms. The average molecular weight is 395 g/mol. The smallest absolute Gasteiger partial charge is 0.264 e. The quantitative estimate of drug-likeness (QED) is 0.773. The lowest BCUT2D eigenvalue weighted by molar-refractivity contribution is 0.600. The number of nitrogens with one attached hydrogen (secondary N) is 1. The predicted octanol–water partition coefficient (Wildman–Crippen LogP) is 1.99. The molecule has 0 atom stereocenters. The lowest BCUT2D eigenvalue weighted by atomic mass is 10.3. The summed E-state index contributed by atoms with van der Waals surface area (Å²) in [6, 6.07) is 1.55. The molecule has 0 amide bonds. The van der Waals surface area contributed by atoms with Crippen molar-refractivity contribution in [2.75, 3.05) is 4.72 Å². The molecule has 0 aliphatic carbocycles. The number of sulfonamides is 1. The molecule has 6 nitrogen and oxygen atoms in total. The molecule has 2 heterocycles. The van der Waals surface area contributed by atoms with Crippen molar-refractivity contribution in [2.24, 2.45) is 12.8 Å². The van der Waals surface area contributed by atoms with Crippen LogP contribution in [0.2, 0.25) is 0 Å². The highest BCUT2D eigenvalue weighted by molar-refractivity contribution is 9.11. The van der Waals surface area contributed by atoms with Crippen LogP contribution in [0.5, 0.6) is 0 Å². The third kappa shape index (κ3) is 2.87. The van der Waals surface area contributed by atoms with Gasteiger partial charge in [-0.1, -0.05) is 12.2 Å². The van der Waals surface area contributed by atoms with Gasteiger partial charge in [-0.2, -0.15) is 5.10 Å². The summed E-state index contributed by atoms with van der Waals surface area (Å²) in [6.07, 6.45) is 1.43. The molecule has 10 heteroatoms. The van der Waals surface area contributed by atoms with E-state index in [0.717, 1.165) is 3.79 Å². The van der Waals surface area contributed by atoms with Gasteiger partial charge in [-0.15, -0.1) is 11.3 Å². The third-order valence-corrected chi connectivity index (χ3v) is 5.93. The number of aryl methyl sites for hydroxylation is 2. The summed E-state index contributed by atoms with van der Waals surface area (Å²) >= 11 is 9.50. The number of anilines is 1. The monoisotopic (exact) mass is 394 g/mol. The molecule has 2 aromatic rings. The van der Waals surface area contributed by atoms with Gasteiger partial charge < -0.3 is 5.73 Å². The summed E-state index contributed by atoms with van der Waals surface area (Å²) in [5.74, 6) is 0.249. The zero-order valence-electron chi connectivity index (χ0n) is 10.5. The van der Waals surface area contributed by atoms with Crippen molar-refractivity contribution in [1.82, 2.24) is 9.78 Å². The Hall–Kier alpha value is -0.970. The van der Waals surface area contributed by atoms with Crippen molar-refractivity contribution in [3.05, 3.63) is 26.5 Å². The van der Waals surface area contributed by atoms with Crippen LogP contribution < -0.4 is 10.5 Å². The minimum absolute atomic E-state index is 0.0824. The van der Waals surface area contributed by atoms with Gasteiger partial charge in [0.1, 0.15) is 15.7 Å². The summed E-state index contributed by atoms with van der Waals surface area (Å²) in [5, 5.41) is 3.96. The van der Waals surface area contributed by atoms with Crippen LogP contribution in [0.4, 0.5) is 5.82 Å². The van der Waals surface area contributed by atoms with Crippen LogP contribution in [-0.4, -0.2) is 23.2 Å². The Balaban J connectivity index is 2.46. The molecule has 3 N–H and O–H groups in total. The van der Waals surface area contributed by atoms with E-state index in [4.69, 9.17) is 18.0 Å². The number of hydrogen-bond donors (Lipinski definition) is 2. The fourth-order valence-electron chi connectivity index (χ4n) is 1.62. The van der Waals surface area contributed by atoms with Gasteiger partial charge >= 0.3 is 0 Å². The van der Waals surface area contributed by atoms with E-state index in [1.165, 1.54) is 22.2 Å². The van der Waals surface area contributed by atoms with Crippen molar-refractivity contribution in [3.8, 4) is 0 Å². The number of thiophene rings is 1. The first kappa shape index (κ1) is 15.4. The number of thiocarbonyl (C=S) groups is 1. The molecular formula is C10H11BrN4O2S3. The lowest BCUT2D eigenvalue weighted by Crippen LogP contribution is -2.19. The van der Waals surface area contributed by atoms with Gasteiger partial charge in [-0.3, -0.25) is 9.40 Å². The zero-order chi connectivity index (χ0) is 15.1. The normalized spacial score (nSPS) is 11.6. The SMILES string of the molecule is Cc1sc(Br)cc1S(=O)(=O)Nc1c(C(N)=S)cnn1C. The van der Waals surface area contributed by atoms with Crippen LogP contribution in [0, 0.1) is 6.92 Å². The predicted molar refractivity (Wildman–Crippen MR) is 86.7 cm³/mol. The Bertz CT molecular complexity index is 779. The number of halogens is 1. The first-order chi connectivity index (χ1) is 9.22. The highest BCUT2D eigenvalue weighted by Gasteiger charge is 2.23. The summed E-state index contributed by atoms with van der Waals surface area (Å²) in [5.41, 5.74) is 5.94. The summed E-state index contributed by atoms with van der Waals surface area (Å²) in [4.78, 5) is 0.979. The van der Waals surface area contributed by atoms with E-state index in [9.17, 15) is 8.42 Å². The molecule has 20 heavy (non-hydrogen) atoms. The average Bonchev–Trinajstić information content (AvgIpc) is 2.83. The minimum Gasteiger partial charge on any atom is -0.389 e. The Morgan fingerprint density at radius 2 is 2.25 bits per heavy atom. The van der Waals surface area contributed by atoms with E-state index in [1.807, 2.05) is 0 Å². The largest absolute Gasteiger partial charge is 0.389 e. The summed E-state index contributed by atoms with van der Waals surface area (Å²) in [6.45, 7) is 1.74. The standard InChI is InChI=1S/C10H11BrN4O2S3/c1-5-7(3-8(11)19-5)20(16,17)14-10-6(9(12)18)4-13-15(10)2/h3-4,14H,1-2H3,(H2,12,18). The summed E-state index contributed by atoms with van der Waals surface area (Å²) in [7, 11) is -2.11. The molecule has 0 saturated heterocycles. The first-order valence-electron chi connectivity index (χ1n) is 5.33. The lowest BCUT2D eigenvalue weighted by Gasteiger charge is -2.09. The van der Waals surface area contributed by atoms with Crippen molar-refractivity contribution < 1.29 is 8.42 Å². The Labute approximate surface area is 134 Å². The van der Waals surface area contributed by atoms with Crippen molar-refractivity contribution >= 4 is 60.3 Å². The summed E-state index contributed by atoms with van der Waals surface area (Å²) < 4.78 is 29.4. The molecule has 0 bridgehead atoms.